The van der Waals surface area contributed by atoms with Crippen molar-refractivity contribution in [2.45, 2.75) is 13.8 Å². The highest BCUT2D eigenvalue weighted by molar-refractivity contribution is 6.33. The van der Waals surface area contributed by atoms with Crippen molar-refractivity contribution in [1.82, 2.24) is 24.6 Å². The molecule has 0 atom stereocenters. The number of piperazine rings is 1. The van der Waals surface area contributed by atoms with Crippen molar-refractivity contribution < 1.29 is 4.79 Å². The van der Waals surface area contributed by atoms with Gasteiger partial charge in [0.05, 0.1) is 16.4 Å². The first-order valence-corrected chi connectivity index (χ1v) is 9.79. The number of urea groups is 1. The average Bonchev–Trinajstić information content (AvgIpc) is 3.17. The molecule has 2 aromatic heterocycles. The lowest BCUT2D eigenvalue weighted by Crippen LogP contribution is -2.50. The van der Waals surface area contributed by atoms with Crippen LogP contribution < -0.4 is 10.2 Å². The average molecular weight is 412 g/mol. The van der Waals surface area contributed by atoms with E-state index in [0.29, 0.717) is 36.9 Å². The van der Waals surface area contributed by atoms with Gasteiger partial charge in [0.1, 0.15) is 12.1 Å². The highest BCUT2D eigenvalue weighted by atomic mass is 35.5. The molecule has 0 bridgehead atoms. The van der Waals surface area contributed by atoms with Gasteiger partial charge in [0.25, 0.3) is 0 Å². The molecule has 1 aliphatic rings. The minimum Gasteiger partial charge on any atom is -0.353 e. The second-order valence-electron chi connectivity index (χ2n) is 7.02. The number of nitrogens with zero attached hydrogens (tertiary/aromatic N) is 6. The Hall–Kier alpha value is -3.13. The molecule has 29 heavy (non-hydrogen) atoms. The van der Waals surface area contributed by atoms with E-state index in [2.05, 4.69) is 25.3 Å². The van der Waals surface area contributed by atoms with Crippen molar-refractivity contribution in [2.24, 2.45) is 0 Å². The van der Waals surface area contributed by atoms with Gasteiger partial charge < -0.3 is 15.1 Å². The third-order valence-electron chi connectivity index (χ3n) is 4.85. The molecule has 1 fully saturated rings. The lowest BCUT2D eigenvalue weighted by molar-refractivity contribution is 0.208. The smallest absolute Gasteiger partial charge is 0.322 e. The summed E-state index contributed by atoms with van der Waals surface area (Å²) in [5.74, 6) is 1.54. The van der Waals surface area contributed by atoms with Gasteiger partial charge >= 0.3 is 6.03 Å². The van der Waals surface area contributed by atoms with Crippen LogP contribution in [0.3, 0.4) is 0 Å². The zero-order valence-corrected chi connectivity index (χ0v) is 17.1. The molecule has 0 spiro atoms. The predicted molar refractivity (Wildman–Crippen MR) is 113 cm³/mol. The largest absolute Gasteiger partial charge is 0.353 e. The first-order valence-electron chi connectivity index (χ1n) is 9.41. The van der Waals surface area contributed by atoms with E-state index in [1.165, 1.54) is 0 Å². The van der Waals surface area contributed by atoms with Crippen LogP contribution in [0.4, 0.5) is 16.3 Å². The number of benzene rings is 1. The third-order valence-corrected chi connectivity index (χ3v) is 5.17. The van der Waals surface area contributed by atoms with E-state index >= 15 is 0 Å². The summed E-state index contributed by atoms with van der Waals surface area (Å²) in [5.41, 5.74) is 2.61. The molecule has 1 aliphatic heterocycles. The van der Waals surface area contributed by atoms with Crippen molar-refractivity contribution in [1.29, 1.82) is 0 Å². The molecule has 4 rings (SSSR count). The van der Waals surface area contributed by atoms with Crippen molar-refractivity contribution in [3.05, 3.63) is 59.1 Å². The fourth-order valence-electron chi connectivity index (χ4n) is 3.23. The maximum atomic E-state index is 12.6. The number of aromatic nitrogens is 4. The maximum absolute atomic E-state index is 12.6. The minimum absolute atomic E-state index is 0.147. The number of amides is 2. The van der Waals surface area contributed by atoms with Gasteiger partial charge in [0.2, 0.25) is 0 Å². The van der Waals surface area contributed by atoms with Crippen LogP contribution in [0, 0.1) is 13.8 Å². The number of rotatable bonds is 3. The minimum atomic E-state index is -0.147. The van der Waals surface area contributed by atoms with Crippen LogP contribution in [0.2, 0.25) is 5.02 Å². The fourth-order valence-corrected chi connectivity index (χ4v) is 3.51. The standard InChI is InChI=1S/C20H22ClN7O/c1-14-3-4-17(16(21)11-14)24-20(29)27-9-7-26(8-10-27)18-12-19(23-13-22-18)28-6-5-15(2)25-28/h3-6,11-13H,7-10H2,1-2H3,(H,24,29). The first kappa shape index (κ1) is 19.2. The molecule has 2 amide bonds. The van der Waals surface area contributed by atoms with Crippen LogP contribution >= 0.6 is 11.6 Å². The molecule has 0 radical (unpaired) electrons. The van der Waals surface area contributed by atoms with E-state index in [4.69, 9.17) is 11.6 Å². The summed E-state index contributed by atoms with van der Waals surface area (Å²) >= 11 is 6.22. The van der Waals surface area contributed by atoms with Gasteiger partial charge in [0, 0.05) is 38.4 Å². The van der Waals surface area contributed by atoms with E-state index in [-0.39, 0.29) is 6.03 Å². The van der Waals surface area contributed by atoms with Crippen LogP contribution in [0.25, 0.3) is 5.82 Å². The SMILES string of the molecule is Cc1ccc(NC(=O)N2CCN(c3cc(-n4ccc(C)n4)ncn3)CC2)c(Cl)c1. The van der Waals surface area contributed by atoms with Crippen LogP contribution in [0.1, 0.15) is 11.3 Å². The molecule has 0 saturated carbocycles. The lowest BCUT2D eigenvalue weighted by Gasteiger charge is -2.35. The number of carbonyl (C=O) groups excluding carboxylic acids is 1. The van der Waals surface area contributed by atoms with Crippen LogP contribution in [-0.4, -0.2) is 56.9 Å². The molecule has 9 heteroatoms. The molecule has 150 valence electrons. The van der Waals surface area contributed by atoms with Gasteiger partial charge in [0.15, 0.2) is 5.82 Å². The number of nitrogens with one attached hydrogen (secondary N) is 1. The molecule has 1 aromatic carbocycles. The van der Waals surface area contributed by atoms with Crippen LogP contribution in [0.5, 0.6) is 0 Å². The Morgan fingerprint density at radius 1 is 1.03 bits per heavy atom. The number of anilines is 2. The monoisotopic (exact) mass is 411 g/mol. The third kappa shape index (κ3) is 4.32. The molecule has 1 saturated heterocycles. The number of aryl methyl sites for hydroxylation is 2. The second-order valence-corrected chi connectivity index (χ2v) is 7.43. The van der Waals surface area contributed by atoms with Crippen molar-refractivity contribution >= 4 is 29.1 Å². The number of hydrogen-bond donors (Lipinski definition) is 1. The summed E-state index contributed by atoms with van der Waals surface area (Å²) in [6.07, 6.45) is 3.42. The lowest BCUT2D eigenvalue weighted by atomic mass is 10.2. The Morgan fingerprint density at radius 2 is 1.79 bits per heavy atom. The van der Waals surface area contributed by atoms with Gasteiger partial charge in [-0.1, -0.05) is 17.7 Å². The second kappa shape index (κ2) is 8.08. The Balaban J connectivity index is 1.38. The van der Waals surface area contributed by atoms with Crippen LogP contribution in [-0.2, 0) is 0 Å². The number of hydrogen-bond acceptors (Lipinski definition) is 5. The highest BCUT2D eigenvalue weighted by Gasteiger charge is 2.23. The van der Waals surface area contributed by atoms with Crippen LogP contribution in [0.15, 0.2) is 42.9 Å². The normalized spacial score (nSPS) is 14.2. The summed E-state index contributed by atoms with van der Waals surface area (Å²) in [7, 11) is 0. The van der Waals surface area contributed by atoms with Gasteiger partial charge in [-0.05, 0) is 37.6 Å². The summed E-state index contributed by atoms with van der Waals surface area (Å²) in [5, 5.41) is 7.83. The zero-order valence-electron chi connectivity index (χ0n) is 16.3. The van der Waals surface area contributed by atoms with Gasteiger partial charge in [-0.15, -0.1) is 0 Å². The highest BCUT2D eigenvalue weighted by Crippen LogP contribution is 2.23. The van der Waals surface area contributed by atoms with E-state index in [0.717, 1.165) is 22.9 Å². The van der Waals surface area contributed by atoms with Crippen molar-refractivity contribution in [3.63, 3.8) is 0 Å². The quantitative estimate of drug-likeness (QED) is 0.715. The molecule has 1 N–H and O–H groups in total. The van der Waals surface area contributed by atoms with E-state index in [1.807, 2.05) is 50.4 Å². The predicted octanol–water partition coefficient (Wildman–Crippen LogP) is 3.29. The number of halogens is 1. The summed E-state index contributed by atoms with van der Waals surface area (Å²) in [6.45, 7) is 6.45. The van der Waals surface area contributed by atoms with Crippen molar-refractivity contribution in [2.75, 3.05) is 36.4 Å². The molecule has 0 unspecified atom stereocenters. The molecule has 0 aliphatic carbocycles. The topological polar surface area (TPSA) is 79.2 Å². The van der Waals surface area contributed by atoms with Gasteiger partial charge in [-0.25, -0.2) is 19.4 Å². The molecule has 8 nitrogen and oxygen atoms in total. The summed E-state index contributed by atoms with van der Waals surface area (Å²) in [6, 6.07) is 9.28. The Kier molecular flexibility index (Phi) is 5.35. The van der Waals surface area contributed by atoms with E-state index in [1.54, 1.807) is 15.9 Å². The zero-order chi connectivity index (χ0) is 20.4. The molecular weight excluding hydrogens is 390 g/mol. The van der Waals surface area contributed by atoms with Gasteiger partial charge in [-0.2, -0.15) is 5.10 Å². The van der Waals surface area contributed by atoms with Gasteiger partial charge in [-0.3, -0.25) is 0 Å². The summed E-state index contributed by atoms with van der Waals surface area (Å²) in [4.78, 5) is 25.2. The number of carbonyl (C=O) groups is 1. The van der Waals surface area contributed by atoms with E-state index in [9.17, 15) is 4.79 Å². The fraction of sp³-hybridized carbons (Fsp3) is 0.300. The maximum Gasteiger partial charge on any atom is 0.322 e. The Morgan fingerprint density at radius 3 is 2.48 bits per heavy atom. The molecule has 3 aromatic rings. The Bertz CT molecular complexity index is 1030. The molecule has 3 heterocycles. The first-order chi connectivity index (χ1) is 14.0. The Labute approximate surface area is 174 Å². The van der Waals surface area contributed by atoms with Crippen molar-refractivity contribution in [3.8, 4) is 5.82 Å². The van der Waals surface area contributed by atoms with E-state index < -0.39 is 0 Å². The summed E-state index contributed by atoms with van der Waals surface area (Å²) < 4.78 is 1.73. The molecular formula is C20H22ClN7O.